The van der Waals surface area contributed by atoms with E-state index in [0.29, 0.717) is 0 Å². The van der Waals surface area contributed by atoms with E-state index >= 15 is 0 Å². The van der Waals surface area contributed by atoms with Crippen LogP contribution in [-0.2, 0) is 13.0 Å². The second-order valence-corrected chi connectivity index (χ2v) is 11.6. The Morgan fingerprint density at radius 2 is 1.36 bits per heavy atom. The van der Waals surface area contributed by atoms with Crippen molar-refractivity contribution < 1.29 is 13.0 Å². The molecule has 3 nitrogen and oxygen atoms in total. The van der Waals surface area contributed by atoms with Crippen molar-refractivity contribution in [2.45, 2.75) is 19.6 Å². The Balaban J connectivity index is 4.08. The summed E-state index contributed by atoms with van der Waals surface area (Å²) in [5.41, 5.74) is 0. The highest BCUT2D eigenvalue weighted by atomic mass is 35.6. The molecule has 0 spiro atoms. The molecule has 0 heterocycles. The van der Waals surface area contributed by atoms with E-state index in [1.165, 1.54) is 0 Å². The molecule has 0 radical (unpaired) electrons. The van der Waals surface area contributed by atoms with Crippen molar-refractivity contribution >= 4 is 27.5 Å². The first-order valence-corrected chi connectivity index (χ1v) is 9.47. The van der Waals surface area contributed by atoms with Crippen molar-refractivity contribution in [1.82, 2.24) is 0 Å². The Labute approximate surface area is 74.8 Å². The molecule has 0 saturated carbocycles. The number of hydrogen-bond donors (Lipinski definition) is 0. The Kier molecular flexibility index (Phi) is 4.24. The molecular formula is C5H15ClO3Si2. The van der Waals surface area contributed by atoms with Crippen molar-refractivity contribution in [2.75, 3.05) is 14.2 Å². The van der Waals surface area contributed by atoms with Gasteiger partial charge < -0.3 is 13.0 Å². The van der Waals surface area contributed by atoms with Crippen LogP contribution >= 0.6 is 11.1 Å². The van der Waals surface area contributed by atoms with Gasteiger partial charge in [-0.05, 0) is 13.1 Å². The molecule has 68 valence electrons. The van der Waals surface area contributed by atoms with Crippen LogP contribution in [0.2, 0.25) is 19.6 Å². The van der Waals surface area contributed by atoms with E-state index in [-0.39, 0.29) is 0 Å². The van der Waals surface area contributed by atoms with Gasteiger partial charge in [-0.25, -0.2) is 0 Å². The first-order chi connectivity index (χ1) is 4.83. The summed E-state index contributed by atoms with van der Waals surface area (Å²) >= 11 is 5.97. The van der Waals surface area contributed by atoms with E-state index in [2.05, 4.69) is 0 Å². The average Bonchev–Trinajstić information content (AvgIpc) is 1.84. The summed E-state index contributed by atoms with van der Waals surface area (Å²) in [7, 11) is -1.30. The zero-order chi connectivity index (χ0) is 9.12. The van der Waals surface area contributed by atoms with Gasteiger partial charge in [-0.3, -0.25) is 0 Å². The molecular weight excluding hydrogens is 200 g/mol. The molecule has 0 fully saturated rings. The third-order valence-corrected chi connectivity index (χ3v) is 6.77. The topological polar surface area (TPSA) is 27.7 Å². The van der Waals surface area contributed by atoms with Crippen molar-refractivity contribution in [3.63, 3.8) is 0 Å². The molecule has 0 atom stereocenters. The van der Waals surface area contributed by atoms with Crippen molar-refractivity contribution in [2.24, 2.45) is 0 Å². The summed E-state index contributed by atoms with van der Waals surface area (Å²) in [6, 6.07) is 0. The Morgan fingerprint density at radius 1 is 1.00 bits per heavy atom. The maximum Gasteiger partial charge on any atom is 0.487 e. The fraction of sp³-hybridized carbons (Fsp3) is 1.00. The second-order valence-electron chi connectivity index (χ2n) is 2.74. The summed E-state index contributed by atoms with van der Waals surface area (Å²) in [5.74, 6) is 0. The lowest BCUT2D eigenvalue weighted by Crippen LogP contribution is -2.47. The van der Waals surface area contributed by atoms with Crippen LogP contribution < -0.4 is 0 Å². The van der Waals surface area contributed by atoms with Crippen LogP contribution in [0.5, 0.6) is 0 Å². The van der Waals surface area contributed by atoms with Gasteiger partial charge in [0, 0.05) is 20.8 Å². The fourth-order valence-electron chi connectivity index (χ4n) is 0.608. The minimum absolute atomic E-state index is 1.58. The molecule has 0 aromatic carbocycles. The van der Waals surface area contributed by atoms with Crippen LogP contribution in [0.25, 0.3) is 0 Å². The number of hydrogen-bond acceptors (Lipinski definition) is 3. The highest BCUT2D eigenvalue weighted by molar-refractivity contribution is 7.17. The predicted octanol–water partition coefficient (Wildman–Crippen LogP) is 1.81. The summed E-state index contributed by atoms with van der Waals surface area (Å²) in [6.45, 7) is 5.60. The highest BCUT2D eigenvalue weighted by Gasteiger charge is 2.38. The molecule has 0 saturated heterocycles. The van der Waals surface area contributed by atoms with E-state index in [4.69, 9.17) is 24.0 Å². The normalized spacial score (nSPS) is 13.6. The standard InChI is InChI=1S/C5H15ClO3Si2/c1-7-11(5,8-2)9-10(3,4)6/h1-5H3. The maximum absolute atomic E-state index is 5.97. The predicted molar refractivity (Wildman–Crippen MR) is 50.1 cm³/mol. The van der Waals surface area contributed by atoms with Gasteiger partial charge in [-0.2, -0.15) is 0 Å². The van der Waals surface area contributed by atoms with Gasteiger partial charge in [-0.1, -0.05) is 0 Å². The summed E-state index contributed by atoms with van der Waals surface area (Å²) in [6.07, 6.45) is 0. The van der Waals surface area contributed by atoms with Crippen LogP contribution in [0.3, 0.4) is 0 Å². The Hall–Kier alpha value is 0.604. The lowest BCUT2D eigenvalue weighted by atomic mass is 11.8. The highest BCUT2D eigenvalue weighted by Crippen LogP contribution is 2.18. The minimum Gasteiger partial charge on any atom is -0.402 e. The number of rotatable bonds is 4. The largest absolute Gasteiger partial charge is 0.487 e. The van der Waals surface area contributed by atoms with Crippen molar-refractivity contribution in [1.29, 1.82) is 0 Å². The first-order valence-electron chi connectivity index (χ1n) is 3.32. The zero-order valence-electron chi connectivity index (χ0n) is 7.60. The monoisotopic (exact) mass is 214 g/mol. The van der Waals surface area contributed by atoms with Crippen LogP contribution in [-0.4, -0.2) is 30.7 Å². The Morgan fingerprint density at radius 3 is 1.45 bits per heavy atom. The van der Waals surface area contributed by atoms with E-state index in [1.54, 1.807) is 14.2 Å². The van der Waals surface area contributed by atoms with Crippen molar-refractivity contribution in [3.8, 4) is 0 Å². The van der Waals surface area contributed by atoms with Crippen molar-refractivity contribution in [3.05, 3.63) is 0 Å². The van der Waals surface area contributed by atoms with Gasteiger partial charge in [0.05, 0.1) is 0 Å². The van der Waals surface area contributed by atoms with Gasteiger partial charge >= 0.3 is 8.80 Å². The van der Waals surface area contributed by atoms with Gasteiger partial charge in [0.15, 0.2) is 0 Å². The molecule has 0 unspecified atom stereocenters. The third-order valence-electron chi connectivity index (χ3n) is 1.17. The van der Waals surface area contributed by atoms with E-state index < -0.39 is 16.4 Å². The molecule has 0 rings (SSSR count). The van der Waals surface area contributed by atoms with Gasteiger partial charge in [0.1, 0.15) is 0 Å². The lowest BCUT2D eigenvalue weighted by Gasteiger charge is -2.28. The SMILES string of the molecule is CO[Si](C)(OC)O[Si](C)(C)Cl. The molecule has 6 heteroatoms. The summed E-state index contributed by atoms with van der Waals surface area (Å²) in [5, 5.41) is 0. The molecule has 0 aliphatic heterocycles. The fourth-order valence-corrected chi connectivity index (χ4v) is 6.23. The van der Waals surface area contributed by atoms with Crippen LogP contribution in [0, 0.1) is 0 Å². The van der Waals surface area contributed by atoms with Crippen LogP contribution in [0.15, 0.2) is 0 Å². The van der Waals surface area contributed by atoms with E-state index in [9.17, 15) is 0 Å². The molecule has 11 heavy (non-hydrogen) atoms. The number of halogens is 1. The summed E-state index contributed by atoms with van der Waals surface area (Å²) in [4.78, 5) is 0. The van der Waals surface area contributed by atoms with Crippen LogP contribution in [0.1, 0.15) is 0 Å². The first kappa shape index (κ1) is 11.6. The van der Waals surface area contributed by atoms with Crippen LogP contribution in [0.4, 0.5) is 0 Å². The lowest BCUT2D eigenvalue weighted by molar-refractivity contribution is 0.169. The van der Waals surface area contributed by atoms with Gasteiger partial charge in [0.25, 0.3) is 7.63 Å². The Bertz CT molecular complexity index is 121. The summed E-state index contributed by atoms with van der Waals surface area (Å²) < 4.78 is 15.7. The van der Waals surface area contributed by atoms with E-state index in [1.807, 2.05) is 19.6 Å². The van der Waals surface area contributed by atoms with Gasteiger partial charge in [0.2, 0.25) is 0 Å². The zero-order valence-corrected chi connectivity index (χ0v) is 10.4. The average molecular weight is 215 g/mol. The van der Waals surface area contributed by atoms with Gasteiger partial charge in [-0.15, -0.1) is 11.1 Å². The molecule has 0 amide bonds. The molecule has 0 aliphatic carbocycles. The van der Waals surface area contributed by atoms with E-state index in [0.717, 1.165) is 0 Å². The molecule has 0 N–H and O–H groups in total. The quantitative estimate of drug-likeness (QED) is 0.528. The smallest absolute Gasteiger partial charge is 0.402 e. The third kappa shape index (κ3) is 4.94. The molecule has 0 aliphatic rings. The maximum atomic E-state index is 5.97. The molecule has 0 aromatic heterocycles. The molecule has 0 bridgehead atoms. The molecule has 0 aromatic rings. The minimum atomic E-state index is -2.40. The second kappa shape index (κ2) is 4.02.